The fourth-order valence-electron chi connectivity index (χ4n) is 2.02. The summed E-state index contributed by atoms with van der Waals surface area (Å²) in [6, 6.07) is 0.391. The van der Waals surface area contributed by atoms with Crippen LogP contribution in [-0.2, 0) is 4.79 Å². The summed E-state index contributed by atoms with van der Waals surface area (Å²) in [5, 5.41) is 0.860. The van der Waals surface area contributed by atoms with E-state index in [1.54, 1.807) is 0 Å². The Morgan fingerprint density at radius 2 is 1.72 bits per heavy atom. The van der Waals surface area contributed by atoms with Crippen LogP contribution in [0.1, 0.15) is 60.8 Å². The molecule has 0 spiro atoms. The van der Waals surface area contributed by atoms with Gasteiger partial charge < -0.3 is 4.90 Å². The molecule has 18 heavy (non-hydrogen) atoms. The molecular weight excluding hydrogens is 290 g/mol. The maximum atomic E-state index is 12.5. The molecule has 0 radical (unpaired) electrons. The van der Waals surface area contributed by atoms with Crippen molar-refractivity contribution in [3.63, 3.8) is 0 Å². The first-order chi connectivity index (χ1) is 8.27. The standard InChI is InChI=1S/C15H30BrNO/c1-7-13(8-2)17(10-9-16)14(18)11-12(3)15(4,5)6/h12-13H,7-11H2,1-6H3. The molecule has 0 rings (SSSR count). The number of rotatable bonds is 7. The van der Waals surface area contributed by atoms with Crippen LogP contribution in [0, 0.1) is 11.3 Å². The minimum absolute atomic E-state index is 0.198. The van der Waals surface area contributed by atoms with Crippen molar-refractivity contribution < 1.29 is 4.79 Å². The molecule has 0 saturated heterocycles. The van der Waals surface area contributed by atoms with E-state index >= 15 is 0 Å². The van der Waals surface area contributed by atoms with Gasteiger partial charge >= 0.3 is 0 Å². The third kappa shape index (κ3) is 5.73. The van der Waals surface area contributed by atoms with E-state index in [0.29, 0.717) is 24.3 Å². The lowest BCUT2D eigenvalue weighted by molar-refractivity contribution is -0.135. The van der Waals surface area contributed by atoms with Crippen LogP contribution in [0.3, 0.4) is 0 Å². The summed E-state index contributed by atoms with van der Waals surface area (Å²) in [7, 11) is 0. The zero-order chi connectivity index (χ0) is 14.3. The summed E-state index contributed by atoms with van der Waals surface area (Å²) in [4.78, 5) is 14.5. The molecule has 1 atom stereocenters. The number of nitrogens with zero attached hydrogens (tertiary/aromatic N) is 1. The Hall–Kier alpha value is -0.0500. The lowest BCUT2D eigenvalue weighted by Crippen LogP contribution is -2.42. The molecule has 0 fully saturated rings. The van der Waals surface area contributed by atoms with Crippen LogP contribution in [-0.4, -0.2) is 28.7 Å². The molecule has 0 aliphatic heterocycles. The van der Waals surface area contributed by atoms with Gasteiger partial charge in [0.25, 0.3) is 0 Å². The molecule has 0 aliphatic carbocycles. The molecule has 0 N–H and O–H groups in total. The summed E-state index contributed by atoms with van der Waals surface area (Å²) in [6.45, 7) is 13.9. The van der Waals surface area contributed by atoms with Gasteiger partial charge in [-0.3, -0.25) is 4.79 Å². The highest BCUT2D eigenvalue weighted by Gasteiger charge is 2.27. The number of halogens is 1. The Bertz CT molecular complexity index is 243. The van der Waals surface area contributed by atoms with Crippen LogP contribution in [0.5, 0.6) is 0 Å². The molecule has 108 valence electrons. The van der Waals surface area contributed by atoms with Gasteiger partial charge in [-0.2, -0.15) is 0 Å². The number of hydrogen-bond acceptors (Lipinski definition) is 1. The Morgan fingerprint density at radius 3 is 2.06 bits per heavy atom. The molecule has 0 heterocycles. The van der Waals surface area contributed by atoms with E-state index in [1.165, 1.54) is 0 Å². The zero-order valence-corrected chi connectivity index (χ0v) is 14.5. The Balaban J connectivity index is 4.66. The Labute approximate surface area is 122 Å². The van der Waals surface area contributed by atoms with Crippen LogP contribution in [0.25, 0.3) is 0 Å². The van der Waals surface area contributed by atoms with Gasteiger partial charge in [0.05, 0.1) is 0 Å². The minimum Gasteiger partial charge on any atom is -0.339 e. The number of carbonyl (C=O) groups is 1. The predicted molar refractivity (Wildman–Crippen MR) is 83.1 cm³/mol. The van der Waals surface area contributed by atoms with Crippen molar-refractivity contribution in [3.05, 3.63) is 0 Å². The SMILES string of the molecule is CCC(CC)N(CCBr)C(=O)CC(C)C(C)(C)C. The first kappa shape index (κ1) is 17.9. The first-order valence-electron chi connectivity index (χ1n) is 7.13. The fourth-order valence-corrected chi connectivity index (χ4v) is 2.40. The summed E-state index contributed by atoms with van der Waals surface area (Å²) >= 11 is 3.46. The first-order valence-corrected chi connectivity index (χ1v) is 8.25. The van der Waals surface area contributed by atoms with Crippen LogP contribution >= 0.6 is 15.9 Å². The molecule has 1 amide bonds. The lowest BCUT2D eigenvalue weighted by Gasteiger charge is -2.33. The highest BCUT2D eigenvalue weighted by Crippen LogP contribution is 2.29. The topological polar surface area (TPSA) is 20.3 Å². The highest BCUT2D eigenvalue weighted by molar-refractivity contribution is 9.09. The van der Waals surface area contributed by atoms with Gasteiger partial charge in [0.1, 0.15) is 0 Å². The van der Waals surface area contributed by atoms with Gasteiger partial charge in [-0.25, -0.2) is 0 Å². The van der Waals surface area contributed by atoms with E-state index in [4.69, 9.17) is 0 Å². The van der Waals surface area contributed by atoms with Gasteiger partial charge in [0.15, 0.2) is 0 Å². The molecule has 0 aromatic rings. The second-order valence-electron chi connectivity index (χ2n) is 6.22. The zero-order valence-electron chi connectivity index (χ0n) is 12.9. The quantitative estimate of drug-likeness (QED) is 0.634. The average molecular weight is 320 g/mol. The van der Waals surface area contributed by atoms with E-state index in [9.17, 15) is 4.79 Å². The van der Waals surface area contributed by atoms with Crippen LogP contribution in [0.4, 0.5) is 0 Å². The smallest absolute Gasteiger partial charge is 0.223 e. The van der Waals surface area contributed by atoms with E-state index in [-0.39, 0.29) is 5.41 Å². The molecule has 0 aliphatic rings. The molecular formula is C15H30BrNO. The maximum Gasteiger partial charge on any atom is 0.223 e. The molecule has 0 aromatic heterocycles. The van der Waals surface area contributed by atoms with Crippen LogP contribution in [0.15, 0.2) is 0 Å². The third-order valence-corrected chi connectivity index (χ3v) is 4.34. The molecule has 0 saturated carbocycles. The van der Waals surface area contributed by atoms with E-state index in [1.807, 2.05) is 0 Å². The third-order valence-electron chi connectivity index (χ3n) is 3.99. The van der Waals surface area contributed by atoms with Crippen molar-refractivity contribution in [3.8, 4) is 0 Å². The van der Waals surface area contributed by atoms with Gasteiger partial charge in [0, 0.05) is 24.3 Å². The molecule has 2 nitrogen and oxygen atoms in total. The van der Waals surface area contributed by atoms with Gasteiger partial charge in [-0.15, -0.1) is 0 Å². The summed E-state index contributed by atoms with van der Waals surface area (Å²) in [5.41, 5.74) is 0.198. The second kappa shape index (κ2) is 8.19. The average Bonchev–Trinajstić information content (AvgIpc) is 2.28. The monoisotopic (exact) mass is 319 g/mol. The second-order valence-corrected chi connectivity index (χ2v) is 7.01. The maximum absolute atomic E-state index is 12.5. The van der Waals surface area contributed by atoms with E-state index in [0.717, 1.165) is 24.7 Å². The van der Waals surface area contributed by atoms with E-state index in [2.05, 4.69) is 62.4 Å². The lowest BCUT2D eigenvalue weighted by atomic mass is 9.80. The van der Waals surface area contributed by atoms with Crippen molar-refractivity contribution in [1.82, 2.24) is 4.90 Å². The van der Waals surface area contributed by atoms with Crippen molar-refractivity contribution in [2.24, 2.45) is 11.3 Å². The number of carbonyl (C=O) groups excluding carboxylic acids is 1. The van der Waals surface area contributed by atoms with Gasteiger partial charge in [-0.05, 0) is 24.2 Å². The van der Waals surface area contributed by atoms with Gasteiger partial charge in [-0.1, -0.05) is 57.5 Å². The summed E-state index contributed by atoms with van der Waals surface area (Å²) < 4.78 is 0. The van der Waals surface area contributed by atoms with Crippen LogP contribution < -0.4 is 0 Å². The molecule has 0 aromatic carbocycles. The molecule has 1 unspecified atom stereocenters. The minimum atomic E-state index is 0.198. The van der Waals surface area contributed by atoms with Crippen molar-refractivity contribution in [2.75, 3.05) is 11.9 Å². The molecule has 3 heteroatoms. The number of alkyl halides is 1. The normalized spacial score (nSPS) is 13.8. The number of hydrogen-bond donors (Lipinski definition) is 0. The van der Waals surface area contributed by atoms with Gasteiger partial charge in [0.2, 0.25) is 5.91 Å². The van der Waals surface area contributed by atoms with Crippen molar-refractivity contribution >= 4 is 21.8 Å². The number of amides is 1. The summed E-state index contributed by atoms with van der Waals surface area (Å²) in [5.74, 6) is 0.725. The van der Waals surface area contributed by atoms with Crippen molar-refractivity contribution in [1.29, 1.82) is 0 Å². The molecule has 0 bridgehead atoms. The predicted octanol–water partition coefficient (Wildman–Crippen LogP) is 4.47. The largest absolute Gasteiger partial charge is 0.339 e. The van der Waals surface area contributed by atoms with E-state index < -0.39 is 0 Å². The highest BCUT2D eigenvalue weighted by atomic mass is 79.9. The summed E-state index contributed by atoms with van der Waals surface area (Å²) in [6.07, 6.45) is 2.74. The Morgan fingerprint density at radius 1 is 1.22 bits per heavy atom. The van der Waals surface area contributed by atoms with Crippen molar-refractivity contribution in [2.45, 2.75) is 66.8 Å². The fraction of sp³-hybridized carbons (Fsp3) is 0.933. The van der Waals surface area contributed by atoms with Crippen LogP contribution in [0.2, 0.25) is 0 Å². The Kier molecular flexibility index (Phi) is 8.16.